The number of aromatic hydroxyl groups is 4. The molecule has 0 aliphatic heterocycles. The summed E-state index contributed by atoms with van der Waals surface area (Å²) in [5.74, 6) is -4.71. The van der Waals surface area contributed by atoms with Crippen molar-refractivity contribution in [1.29, 1.82) is 0 Å². The normalized spacial score (nSPS) is 12.5. The van der Waals surface area contributed by atoms with Crippen LogP contribution in [0, 0.1) is 20.2 Å². The van der Waals surface area contributed by atoms with E-state index in [-0.39, 0.29) is 61.7 Å². The van der Waals surface area contributed by atoms with E-state index in [9.17, 15) is 75.0 Å². The van der Waals surface area contributed by atoms with Crippen LogP contribution >= 0.6 is 36.4 Å². The van der Waals surface area contributed by atoms with Gasteiger partial charge >= 0.3 is 5.69 Å². The Balaban J connectivity index is 1.32. The number of hydrogen-bond acceptors (Lipinski definition) is 35. The van der Waals surface area contributed by atoms with Crippen LogP contribution in [-0.2, 0) is 62.4 Å². The van der Waals surface area contributed by atoms with Crippen LogP contribution in [0.2, 0.25) is 0 Å². The predicted octanol–water partition coefficient (Wildman–Crippen LogP) is 11.4. The molecule has 0 saturated carbocycles. The molecule has 82 heavy (non-hydrogen) atoms. The van der Waals surface area contributed by atoms with Crippen molar-refractivity contribution in [2.45, 2.75) is 24.5 Å². The Hall–Kier alpha value is -8.12. The first-order chi connectivity index (χ1) is 38.9. The first-order valence-corrected chi connectivity index (χ1v) is 27.7. The summed E-state index contributed by atoms with van der Waals surface area (Å²) in [4.78, 5) is 18.1. The van der Waals surface area contributed by atoms with Crippen LogP contribution in [0.25, 0.3) is 21.5 Å². The molecule has 0 bridgehead atoms. The number of fused-ring (bicyclic) bond motifs is 2. The van der Waals surface area contributed by atoms with Gasteiger partial charge in [0.15, 0.2) is 39.3 Å². The molecule has 0 amide bonds. The molecule has 0 atom stereocenters. The fourth-order valence-corrected chi connectivity index (χ4v) is 10.4. The summed E-state index contributed by atoms with van der Waals surface area (Å²) >= 11 is 0.735. The lowest BCUT2D eigenvalue weighted by Gasteiger charge is -2.12. The molecule has 7 aromatic carbocycles. The molecule has 7 aromatic rings. The molecule has 42 heteroatoms. The van der Waals surface area contributed by atoms with Crippen LogP contribution in [-0.4, -0.2) is 92.8 Å². The number of benzene rings is 7. The van der Waals surface area contributed by atoms with Crippen molar-refractivity contribution >= 4 is 145 Å². The molecular weight excluding hydrogens is 1230 g/mol. The van der Waals surface area contributed by atoms with E-state index in [2.05, 4.69) is 69.0 Å². The number of nitrogens with zero attached hydrogens (tertiary/aromatic N) is 10. The van der Waals surface area contributed by atoms with Crippen molar-refractivity contribution in [3.8, 4) is 23.0 Å². The van der Waals surface area contributed by atoms with Gasteiger partial charge in [-0.15, -0.1) is 53.9 Å². The fourth-order valence-electron chi connectivity index (χ4n) is 6.83. The van der Waals surface area contributed by atoms with Crippen molar-refractivity contribution in [3.05, 3.63) is 111 Å². The maximum atomic E-state index is 12.9. The lowest BCUT2D eigenvalue weighted by atomic mass is 10.1. The standard InChI is InChI=1S/C40H28N10O26S6/c51-32-8-7-28(44-46-30-13-19(49(55)56)14-31(38(30)52)50(57)58)39(53)36(32)47-45-29-16-22(81(64,65)66)11-18-12-33(78-75-72-60)37(40(54)35(18)29)48-42-26-6-5-25(23-3-1-20(15-24(23)26)77-74-71-59)41-43-27-4-2-21(17-34(27)82(67,68)69)80(62,63)10-9-70-79-76-73-61/h1-8,11-17,51-54,59-61H,9-10H2,(H,64,65,66)(H,67,68,69). The third kappa shape index (κ3) is 14.5. The Kier molecular flexibility index (Phi) is 19.7. The van der Waals surface area contributed by atoms with Gasteiger partial charge in [-0.1, -0.05) is 21.2 Å². The number of hydrogen-bond donors (Lipinski definition) is 9. The van der Waals surface area contributed by atoms with E-state index in [0.717, 1.165) is 36.4 Å². The molecule has 36 nitrogen and oxygen atoms in total. The molecule has 0 radical (unpaired) electrons. The minimum atomic E-state index is -5.19. The van der Waals surface area contributed by atoms with E-state index in [0.29, 0.717) is 36.3 Å². The van der Waals surface area contributed by atoms with Gasteiger partial charge < -0.3 is 20.4 Å². The zero-order valence-electron chi connectivity index (χ0n) is 39.5. The number of sulfone groups is 1. The van der Waals surface area contributed by atoms with Gasteiger partial charge in [0.1, 0.15) is 33.4 Å². The third-order valence-electron chi connectivity index (χ3n) is 10.4. The number of nitro benzene ring substituents is 2. The van der Waals surface area contributed by atoms with Crippen molar-refractivity contribution in [2.24, 2.45) is 40.9 Å². The summed E-state index contributed by atoms with van der Waals surface area (Å²) in [5, 5.41) is 135. The number of phenolic OH excluding ortho intramolecular Hbond substituents is 4. The van der Waals surface area contributed by atoms with E-state index in [1.54, 1.807) is 0 Å². The molecule has 0 saturated heterocycles. The molecule has 0 fully saturated rings. The molecule has 430 valence electrons. The third-order valence-corrected chi connectivity index (χ3v) is 15.3. The summed E-state index contributed by atoms with van der Waals surface area (Å²) in [7, 11) is -14.6. The van der Waals surface area contributed by atoms with Gasteiger partial charge in [-0.05, 0) is 78.2 Å². The molecule has 0 heterocycles. The minimum Gasteiger partial charge on any atom is -0.505 e. The Morgan fingerprint density at radius 2 is 1.13 bits per heavy atom. The second-order valence-corrected chi connectivity index (χ2v) is 22.2. The SMILES string of the molecule is O=[N+]([O-])c1cc(N=Nc2ccc(O)c(N=Nc3cc(S(=O)(=O)O)cc4cc(SOOO)c(N=Nc5ccc(N=Nc6ccc(S(=O)(=O)CCOSOOO)cc6S(=O)(=O)O)c6ccc(SOOO)cc56)c(O)c34)c2O)c(O)c([N+](=O)[O-])c1. The number of phenols is 4. The average molecular weight is 1260 g/mol. The molecule has 0 aliphatic carbocycles. The second-order valence-electron chi connectivity index (χ2n) is 15.3. The van der Waals surface area contributed by atoms with Gasteiger partial charge in [-0.25, -0.2) is 24.2 Å². The highest BCUT2D eigenvalue weighted by atomic mass is 32.2. The summed E-state index contributed by atoms with van der Waals surface area (Å²) in [5.41, 5.74) is -6.15. The zero-order valence-corrected chi connectivity index (χ0v) is 44.4. The largest absolute Gasteiger partial charge is 0.505 e. The van der Waals surface area contributed by atoms with Crippen LogP contribution in [0.3, 0.4) is 0 Å². The fraction of sp³-hybridized carbons (Fsp3) is 0.0500. The Morgan fingerprint density at radius 3 is 1.80 bits per heavy atom. The highest BCUT2D eigenvalue weighted by molar-refractivity contribution is 7.95. The van der Waals surface area contributed by atoms with Gasteiger partial charge in [0, 0.05) is 21.7 Å². The van der Waals surface area contributed by atoms with Gasteiger partial charge in [0.25, 0.3) is 25.9 Å². The number of azo groups is 4. The summed E-state index contributed by atoms with van der Waals surface area (Å²) in [6, 6.07) is 14.7. The van der Waals surface area contributed by atoms with E-state index < -0.39 is 141 Å². The van der Waals surface area contributed by atoms with Crippen molar-refractivity contribution in [2.75, 3.05) is 12.4 Å². The Labute approximate surface area is 467 Å². The van der Waals surface area contributed by atoms with Crippen LogP contribution in [0.15, 0.2) is 156 Å². The van der Waals surface area contributed by atoms with Crippen LogP contribution < -0.4 is 0 Å². The highest BCUT2D eigenvalue weighted by Crippen LogP contribution is 2.51. The Bertz CT molecular complexity index is 4160. The lowest BCUT2D eigenvalue weighted by molar-refractivity contribution is -0.434. The number of non-ortho nitro benzene ring substituents is 1. The lowest BCUT2D eigenvalue weighted by Crippen LogP contribution is -2.12. The van der Waals surface area contributed by atoms with Gasteiger partial charge in [-0.3, -0.25) is 33.5 Å². The van der Waals surface area contributed by atoms with E-state index in [4.69, 9.17) is 20.0 Å². The van der Waals surface area contributed by atoms with E-state index in [1.807, 2.05) is 0 Å². The number of rotatable bonds is 25. The molecule has 0 spiro atoms. The summed E-state index contributed by atoms with van der Waals surface area (Å²) < 4.78 is 114. The molecule has 0 unspecified atom stereocenters. The van der Waals surface area contributed by atoms with Gasteiger partial charge in [-0.2, -0.15) is 16.8 Å². The summed E-state index contributed by atoms with van der Waals surface area (Å²) in [6.45, 7) is -0.535. The summed E-state index contributed by atoms with van der Waals surface area (Å²) in [6.07, 6.45) is 0. The van der Waals surface area contributed by atoms with Gasteiger partial charge in [0.2, 0.25) is 5.75 Å². The molecular formula is C40H28N10O26S6. The second kappa shape index (κ2) is 26.2. The average Bonchev–Trinajstić information content (AvgIpc) is 3.60. The topological polar surface area (TPSA) is 534 Å². The van der Waals surface area contributed by atoms with E-state index >= 15 is 0 Å². The zero-order chi connectivity index (χ0) is 59.7. The molecule has 9 N–H and O–H groups in total. The van der Waals surface area contributed by atoms with Crippen LogP contribution in [0.5, 0.6) is 23.0 Å². The maximum Gasteiger partial charge on any atom is 0.319 e. The first kappa shape index (κ1) is 61.5. The van der Waals surface area contributed by atoms with Crippen LogP contribution in [0.1, 0.15) is 0 Å². The quantitative estimate of drug-likeness (QED) is 0.00488. The first-order valence-electron chi connectivity index (χ1n) is 21.0. The van der Waals surface area contributed by atoms with Gasteiger partial charge in [0.05, 0.1) is 89.5 Å². The van der Waals surface area contributed by atoms with Crippen LogP contribution in [0.4, 0.5) is 56.9 Å². The maximum absolute atomic E-state index is 12.9. The van der Waals surface area contributed by atoms with Crippen molar-refractivity contribution in [1.82, 2.24) is 0 Å². The smallest absolute Gasteiger partial charge is 0.319 e. The van der Waals surface area contributed by atoms with Crippen molar-refractivity contribution < 1.29 is 113 Å². The predicted molar refractivity (Wildman–Crippen MR) is 275 cm³/mol. The van der Waals surface area contributed by atoms with Crippen molar-refractivity contribution in [3.63, 3.8) is 0 Å². The molecule has 7 rings (SSSR count). The highest BCUT2D eigenvalue weighted by Gasteiger charge is 2.27. The number of nitro groups is 2. The van der Waals surface area contributed by atoms with E-state index in [1.165, 1.54) is 30.3 Å². The monoisotopic (exact) mass is 1260 g/mol. The molecule has 0 aliphatic rings. The molecule has 0 aromatic heterocycles. The Morgan fingerprint density at radius 1 is 0.524 bits per heavy atom. The minimum absolute atomic E-state index is 0.0480.